The molecule has 0 fully saturated rings. The van der Waals surface area contributed by atoms with Crippen LogP contribution in [0, 0.1) is 0 Å². The molecule has 250 valence electrons. The van der Waals surface area contributed by atoms with Crippen LogP contribution in [0.15, 0.2) is 146 Å². The Morgan fingerprint density at radius 3 is 2.12 bits per heavy atom. The number of nitrogens with zero attached hydrogens (tertiary/aromatic N) is 1. The van der Waals surface area contributed by atoms with Crippen molar-refractivity contribution in [3.63, 3.8) is 0 Å². The van der Waals surface area contributed by atoms with E-state index in [2.05, 4.69) is 190 Å². The lowest BCUT2D eigenvalue weighted by Crippen LogP contribution is -2.37. The first-order valence-electron chi connectivity index (χ1n) is 18.6. The quantitative estimate of drug-likeness (QED) is 0.185. The average molecular weight is 669 g/mol. The molecule has 2 aliphatic rings. The summed E-state index contributed by atoms with van der Waals surface area (Å²) >= 11 is 0. The van der Waals surface area contributed by atoms with E-state index in [1.165, 1.54) is 88.5 Å². The number of rotatable bonds is 4. The van der Waals surface area contributed by atoms with Crippen LogP contribution >= 0.6 is 0 Å². The predicted octanol–water partition coefficient (Wildman–Crippen LogP) is 11.2. The first-order chi connectivity index (χ1) is 25.2. The second-order valence-corrected chi connectivity index (χ2v) is 16.3. The Labute approximate surface area is 307 Å². The number of aromatic nitrogens is 1. The lowest BCUT2D eigenvalue weighted by Gasteiger charge is -2.27. The van der Waals surface area contributed by atoms with Gasteiger partial charge in [0, 0.05) is 44.3 Å². The molecule has 0 saturated heterocycles. The summed E-state index contributed by atoms with van der Waals surface area (Å²) in [6, 6.07) is 54.3. The van der Waals surface area contributed by atoms with E-state index >= 15 is 0 Å². The van der Waals surface area contributed by atoms with E-state index < -0.39 is 0 Å². The van der Waals surface area contributed by atoms with Crippen LogP contribution in [0.4, 0.5) is 11.4 Å². The van der Waals surface area contributed by atoms with Gasteiger partial charge in [-0.1, -0.05) is 143 Å². The molecule has 7 aromatic carbocycles. The molecule has 0 amide bonds. The van der Waals surface area contributed by atoms with Crippen molar-refractivity contribution < 1.29 is 0 Å². The first-order valence-corrected chi connectivity index (χ1v) is 18.6. The molecule has 8 aromatic rings. The van der Waals surface area contributed by atoms with Crippen molar-refractivity contribution in [2.75, 3.05) is 5.32 Å². The Balaban J connectivity index is 1.34. The summed E-state index contributed by atoms with van der Waals surface area (Å²) in [5.41, 5.74) is 20.6. The standard InChI is InChI=1S/C49H41BN2/c1-48(2,3)31-25-23-30(24-26-31)35-27-38(46-47-45(35)34-18-10-13-21-43(34)52(47)44-22-14-12-20-41(44)50-46)37-28-40-36(29-42(37)51-32-15-7-6-8-16-32)33-17-9-11-19-39(33)49(40,4)5/h6-29,50-51H,1-5H3. The molecule has 1 aromatic heterocycles. The third-order valence-corrected chi connectivity index (χ3v) is 11.8. The second kappa shape index (κ2) is 11.1. The zero-order valence-electron chi connectivity index (χ0n) is 30.5. The molecular formula is C49H41BN2. The Morgan fingerprint density at radius 1 is 0.596 bits per heavy atom. The molecule has 1 aliphatic carbocycles. The minimum atomic E-state index is -0.125. The maximum atomic E-state index is 3.91. The average Bonchev–Trinajstić information content (AvgIpc) is 3.62. The van der Waals surface area contributed by atoms with Crippen LogP contribution in [0.3, 0.4) is 0 Å². The molecule has 0 saturated carbocycles. The molecule has 52 heavy (non-hydrogen) atoms. The molecule has 0 bridgehead atoms. The number of hydrogen-bond acceptors (Lipinski definition) is 1. The smallest absolute Gasteiger partial charge is 0.198 e. The van der Waals surface area contributed by atoms with Crippen LogP contribution in [0.5, 0.6) is 0 Å². The van der Waals surface area contributed by atoms with Gasteiger partial charge in [-0.3, -0.25) is 0 Å². The lowest BCUT2D eigenvalue weighted by molar-refractivity contribution is 0.590. The zero-order valence-corrected chi connectivity index (χ0v) is 30.5. The third kappa shape index (κ3) is 4.51. The maximum Gasteiger partial charge on any atom is 0.198 e. The van der Waals surface area contributed by atoms with E-state index in [9.17, 15) is 0 Å². The topological polar surface area (TPSA) is 17.0 Å². The van der Waals surface area contributed by atoms with Crippen molar-refractivity contribution in [3.05, 3.63) is 162 Å². The Bertz CT molecular complexity index is 2730. The third-order valence-electron chi connectivity index (χ3n) is 11.8. The fraction of sp³-hybridized carbons (Fsp3) is 0.143. The first kappa shape index (κ1) is 31.0. The molecule has 1 N–H and O–H groups in total. The van der Waals surface area contributed by atoms with Crippen molar-refractivity contribution in [2.24, 2.45) is 0 Å². The summed E-state index contributed by atoms with van der Waals surface area (Å²) in [6.45, 7) is 11.6. The van der Waals surface area contributed by atoms with E-state index in [1.54, 1.807) is 0 Å². The van der Waals surface area contributed by atoms with Gasteiger partial charge in [0.1, 0.15) is 0 Å². The summed E-state index contributed by atoms with van der Waals surface area (Å²) in [4.78, 5) is 0. The van der Waals surface area contributed by atoms with E-state index in [4.69, 9.17) is 0 Å². The zero-order chi connectivity index (χ0) is 35.4. The van der Waals surface area contributed by atoms with Gasteiger partial charge in [-0.05, 0) is 97.8 Å². The Morgan fingerprint density at radius 2 is 1.31 bits per heavy atom. The summed E-state index contributed by atoms with van der Waals surface area (Å²) in [5.74, 6) is 0. The van der Waals surface area contributed by atoms with Crippen LogP contribution in [0.2, 0.25) is 0 Å². The van der Waals surface area contributed by atoms with Gasteiger partial charge in [-0.2, -0.15) is 0 Å². The number of fused-ring (bicyclic) bond motifs is 8. The van der Waals surface area contributed by atoms with E-state index in [0.717, 1.165) is 18.7 Å². The van der Waals surface area contributed by atoms with Crippen LogP contribution < -0.4 is 16.2 Å². The van der Waals surface area contributed by atoms with Crippen LogP contribution in [-0.4, -0.2) is 11.8 Å². The summed E-state index contributed by atoms with van der Waals surface area (Å²) in [6.07, 6.45) is 0. The predicted molar refractivity (Wildman–Crippen MR) is 224 cm³/mol. The molecular weight excluding hydrogens is 627 g/mol. The van der Waals surface area contributed by atoms with Crippen molar-refractivity contribution in [1.82, 2.24) is 4.57 Å². The van der Waals surface area contributed by atoms with Gasteiger partial charge in [0.15, 0.2) is 7.28 Å². The number of nitrogens with one attached hydrogen (secondary N) is 1. The molecule has 3 heteroatoms. The Hall–Kier alpha value is -5.80. The molecule has 1 aliphatic heterocycles. The fourth-order valence-corrected chi connectivity index (χ4v) is 9.10. The van der Waals surface area contributed by atoms with Gasteiger partial charge in [0.05, 0.1) is 5.52 Å². The molecule has 10 rings (SSSR count). The minimum Gasteiger partial charge on any atom is -0.355 e. The SMILES string of the molecule is CC(C)(C)c1ccc(-c2cc(-c3cc4c(cc3Nc3ccccc3)-c3ccccc3C4(C)C)c3c4c2c2ccccc2n4-c2ccccc2B3)cc1. The van der Waals surface area contributed by atoms with Gasteiger partial charge in [-0.15, -0.1) is 0 Å². The van der Waals surface area contributed by atoms with Gasteiger partial charge in [0.25, 0.3) is 0 Å². The highest BCUT2D eigenvalue weighted by atomic mass is 15.0. The van der Waals surface area contributed by atoms with Crippen LogP contribution in [0.25, 0.3) is 60.9 Å². The number of hydrogen-bond donors (Lipinski definition) is 1. The monoisotopic (exact) mass is 668 g/mol. The van der Waals surface area contributed by atoms with Gasteiger partial charge in [-0.25, -0.2) is 0 Å². The fourth-order valence-electron chi connectivity index (χ4n) is 9.10. The van der Waals surface area contributed by atoms with Crippen molar-refractivity contribution in [1.29, 1.82) is 0 Å². The molecule has 0 spiro atoms. The largest absolute Gasteiger partial charge is 0.355 e. The highest BCUT2D eigenvalue weighted by Crippen LogP contribution is 2.52. The van der Waals surface area contributed by atoms with E-state index in [0.29, 0.717) is 0 Å². The van der Waals surface area contributed by atoms with Gasteiger partial charge in [0.2, 0.25) is 0 Å². The summed E-state index contributed by atoms with van der Waals surface area (Å²) < 4.78 is 2.55. The van der Waals surface area contributed by atoms with Gasteiger partial charge >= 0.3 is 0 Å². The molecule has 0 unspecified atom stereocenters. The van der Waals surface area contributed by atoms with Crippen LogP contribution in [0.1, 0.15) is 51.3 Å². The molecule has 0 radical (unpaired) electrons. The normalized spacial score (nSPS) is 13.8. The van der Waals surface area contributed by atoms with E-state index in [1.807, 2.05) is 0 Å². The maximum absolute atomic E-state index is 3.91. The summed E-state index contributed by atoms with van der Waals surface area (Å²) in [5, 5.41) is 6.54. The highest BCUT2D eigenvalue weighted by Gasteiger charge is 2.37. The van der Waals surface area contributed by atoms with E-state index in [-0.39, 0.29) is 10.8 Å². The number of anilines is 2. The second-order valence-electron chi connectivity index (χ2n) is 16.3. The van der Waals surface area contributed by atoms with Crippen molar-refractivity contribution >= 4 is 51.4 Å². The Kier molecular flexibility index (Phi) is 6.61. The number of para-hydroxylation sites is 3. The molecule has 0 atom stereocenters. The number of benzene rings is 7. The highest BCUT2D eigenvalue weighted by molar-refractivity contribution is 6.73. The lowest BCUT2D eigenvalue weighted by atomic mass is 9.58. The summed E-state index contributed by atoms with van der Waals surface area (Å²) in [7, 11) is 0.868. The molecule has 2 nitrogen and oxygen atoms in total. The van der Waals surface area contributed by atoms with Crippen LogP contribution in [-0.2, 0) is 10.8 Å². The van der Waals surface area contributed by atoms with Gasteiger partial charge < -0.3 is 9.88 Å². The van der Waals surface area contributed by atoms with Crippen molar-refractivity contribution in [2.45, 2.75) is 45.4 Å². The molecule has 2 heterocycles. The minimum absolute atomic E-state index is 0.0796. The van der Waals surface area contributed by atoms with Crippen molar-refractivity contribution in [3.8, 4) is 39.1 Å².